The fourth-order valence-electron chi connectivity index (χ4n) is 5.72. The van der Waals surface area contributed by atoms with Crippen LogP contribution in [0.3, 0.4) is 0 Å². The first-order chi connectivity index (χ1) is 17.4. The molecule has 2 heterocycles. The zero-order valence-electron chi connectivity index (χ0n) is 22.4. The Balaban J connectivity index is 1.46. The van der Waals surface area contributed by atoms with Crippen LogP contribution < -0.4 is 10.6 Å². The maximum atomic E-state index is 13.7. The number of fused-ring (bicyclic) bond motifs is 1. The Bertz CT molecular complexity index is 1030. The lowest BCUT2D eigenvalue weighted by Crippen LogP contribution is -2.55. The van der Waals surface area contributed by atoms with Gasteiger partial charge < -0.3 is 20.1 Å². The predicted octanol–water partition coefficient (Wildman–Crippen LogP) is 2.67. The van der Waals surface area contributed by atoms with Gasteiger partial charge in [0.2, 0.25) is 11.8 Å². The van der Waals surface area contributed by atoms with Gasteiger partial charge in [0.05, 0.1) is 12.6 Å². The van der Waals surface area contributed by atoms with Gasteiger partial charge in [0.1, 0.15) is 18.2 Å². The number of nitrogens with one attached hydrogen (secondary N) is 2. The van der Waals surface area contributed by atoms with Crippen molar-refractivity contribution in [1.29, 1.82) is 0 Å². The molecule has 9 nitrogen and oxygen atoms in total. The lowest BCUT2D eigenvalue weighted by molar-refractivity contribution is -0.134. The average molecular weight is 514 g/mol. The first-order valence-electron chi connectivity index (χ1n) is 13.1. The van der Waals surface area contributed by atoms with Gasteiger partial charge >= 0.3 is 6.09 Å². The van der Waals surface area contributed by atoms with Crippen LogP contribution in [0.15, 0.2) is 30.3 Å². The summed E-state index contributed by atoms with van der Waals surface area (Å²) in [5, 5.41) is 5.69. The summed E-state index contributed by atoms with van der Waals surface area (Å²) in [6.07, 6.45) is 0.274. The highest BCUT2D eigenvalue weighted by Crippen LogP contribution is 2.65. The summed E-state index contributed by atoms with van der Waals surface area (Å²) >= 11 is 0. The summed E-state index contributed by atoms with van der Waals surface area (Å²) < 4.78 is 11.2. The van der Waals surface area contributed by atoms with Gasteiger partial charge in [-0.25, -0.2) is 4.79 Å². The number of hydrogen-bond acceptors (Lipinski definition) is 6. The molecule has 0 bridgehead atoms. The average Bonchev–Trinajstić information content (AvgIpc) is 3.18. The minimum Gasteiger partial charge on any atom is -0.444 e. The van der Waals surface area contributed by atoms with E-state index in [0.717, 1.165) is 5.56 Å². The van der Waals surface area contributed by atoms with Crippen LogP contribution in [-0.4, -0.2) is 66.0 Å². The molecule has 5 atom stereocenters. The normalized spacial score (nSPS) is 26.7. The Kier molecular flexibility index (Phi) is 7.65. The summed E-state index contributed by atoms with van der Waals surface area (Å²) in [6.45, 7) is 10.6. The topological polar surface area (TPSA) is 114 Å². The van der Waals surface area contributed by atoms with E-state index in [1.165, 1.54) is 4.90 Å². The van der Waals surface area contributed by atoms with E-state index in [4.69, 9.17) is 9.47 Å². The number of carbonyl (C=O) groups excluding carboxylic acids is 4. The number of ether oxygens (including phenoxy) is 2. The smallest absolute Gasteiger partial charge is 0.410 e. The molecule has 3 fully saturated rings. The van der Waals surface area contributed by atoms with Crippen LogP contribution in [-0.2, 0) is 30.5 Å². The molecule has 1 aromatic carbocycles. The fourth-order valence-corrected chi connectivity index (χ4v) is 5.72. The van der Waals surface area contributed by atoms with Gasteiger partial charge in [-0.3, -0.25) is 19.3 Å². The number of nitrogens with zero attached hydrogens (tertiary/aromatic N) is 1. The van der Waals surface area contributed by atoms with Crippen LogP contribution in [0.2, 0.25) is 0 Å². The molecule has 2 saturated heterocycles. The Labute approximate surface area is 218 Å². The lowest BCUT2D eigenvalue weighted by Gasteiger charge is -2.33. The zero-order valence-corrected chi connectivity index (χ0v) is 22.4. The third kappa shape index (κ3) is 6.14. The van der Waals surface area contributed by atoms with Crippen molar-refractivity contribution in [3.8, 4) is 0 Å². The summed E-state index contributed by atoms with van der Waals surface area (Å²) in [5.41, 5.74) is 0.168. The Morgan fingerprint density at radius 3 is 2.51 bits per heavy atom. The number of likely N-dealkylation sites (tertiary alicyclic amines) is 1. The highest BCUT2D eigenvalue weighted by molar-refractivity contribution is 5.94. The number of ketones is 1. The van der Waals surface area contributed by atoms with Crippen LogP contribution in [0.5, 0.6) is 0 Å². The van der Waals surface area contributed by atoms with Crippen molar-refractivity contribution < 1.29 is 28.7 Å². The molecule has 202 valence electrons. The molecule has 2 N–H and O–H groups in total. The third-order valence-electron chi connectivity index (χ3n) is 7.85. The number of Topliss-reactive ketones (excluding diaryl/α,β-unsaturated/α-hetero) is 1. The second kappa shape index (κ2) is 10.4. The minimum absolute atomic E-state index is 0.0140. The van der Waals surface area contributed by atoms with Crippen molar-refractivity contribution in [2.45, 2.75) is 71.8 Å². The molecule has 3 amide bonds. The number of benzene rings is 1. The molecule has 4 rings (SSSR count). The maximum Gasteiger partial charge on any atom is 0.410 e. The molecule has 1 aromatic rings. The molecule has 0 radical (unpaired) electrons. The van der Waals surface area contributed by atoms with E-state index in [-0.39, 0.29) is 60.4 Å². The quantitative estimate of drug-likeness (QED) is 0.525. The number of rotatable bonds is 9. The number of piperidine rings is 1. The van der Waals surface area contributed by atoms with Crippen molar-refractivity contribution >= 4 is 23.7 Å². The molecule has 0 unspecified atom stereocenters. The molecule has 3 aliphatic rings. The SMILES string of the molecule is CC(C)(C)OC(=O)N1C[C@H]2[C@@H]([C@H]1C(=O)N[C@@H](C[C@@H]1CCNC1=O)C(=O)COCc1ccccc1)C2(C)C. The first-order valence-corrected chi connectivity index (χ1v) is 13.1. The van der Waals surface area contributed by atoms with E-state index >= 15 is 0 Å². The highest BCUT2D eigenvalue weighted by Gasteiger charge is 2.69. The van der Waals surface area contributed by atoms with E-state index in [2.05, 4.69) is 24.5 Å². The van der Waals surface area contributed by atoms with Gasteiger partial charge in [-0.1, -0.05) is 44.2 Å². The highest BCUT2D eigenvalue weighted by atomic mass is 16.6. The lowest BCUT2D eigenvalue weighted by atomic mass is 9.95. The summed E-state index contributed by atoms with van der Waals surface area (Å²) in [6, 6.07) is 7.89. The second-order valence-electron chi connectivity index (χ2n) is 12.0. The number of carbonyl (C=O) groups is 4. The minimum atomic E-state index is -0.890. The van der Waals surface area contributed by atoms with Crippen molar-refractivity contribution in [2.24, 2.45) is 23.2 Å². The maximum absolute atomic E-state index is 13.7. The number of amides is 3. The van der Waals surface area contributed by atoms with Crippen molar-refractivity contribution in [1.82, 2.24) is 15.5 Å². The van der Waals surface area contributed by atoms with Crippen molar-refractivity contribution in [3.63, 3.8) is 0 Å². The Hall–Kier alpha value is -2.94. The molecule has 0 aromatic heterocycles. The van der Waals surface area contributed by atoms with Gasteiger partial charge in [0.25, 0.3) is 0 Å². The van der Waals surface area contributed by atoms with Crippen LogP contribution in [0, 0.1) is 23.2 Å². The van der Waals surface area contributed by atoms with Crippen molar-refractivity contribution in [3.05, 3.63) is 35.9 Å². The van der Waals surface area contributed by atoms with E-state index < -0.39 is 23.8 Å². The molecular formula is C28H39N3O6. The van der Waals surface area contributed by atoms with E-state index in [1.54, 1.807) is 20.8 Å². The Morgan fingerprint density at radius 2 is 1.89 bits per heavy atom. The van der Waals surface area contributed by atoms with E-state index in [1.807, 2.05) is 30.3 Å². The molecule has 0 spiro atoms. The van der Waals surface area contributed by atoms with Gasteiger partial charge in [-0.15, -0.1) is 0 Å². The van der Waals surface area contributed by atoms with Gasteiger partial charge in [0, 0.05) is 19.0 Å². The van der Waals surface area contributed by atoms with Crippen LogP contribution in [0.4, 0.5) is 4.79 Å². The molecule has 1 aliphatic carbocycles. The van der Waals surface area contributed by atoms with Gasteiger partial charge in [-0.2, -0.15) is 0 Å². The monoisotopic (exact) mass is 513 g/mol. The van der Waals surface area contributed by atoms with E-state index in [0.29, 0.717) is 19.5 Å². The summed E-state index contributed by atoms with van der Waals surface area (Å²) in [5.74, 6) is -0.975. The molecule has 37 heavy (non-hydrogen) atoms. The standard InChI is InChI=1S/C28H39N3O6/c1-27(2,3)37-26(35)31-14-19-22(28(19,4)5)23(31)25(34)30-20(13-18-11-12-29-24(18)33)21(32)16-36-15-17-9-7-6-8-10-17/h6-10,18-20,22-23H,11-16H2,1-5H3,(H,29,33)(H,30,34)/t18-,19-,20-,22-,23-/m0/s1. The van der Waals surface area contributed by atoms with Crippen molar-refractivity contribution in [2.75, 3.05) is 19.7 Å². The van der Waals surface area contributed by atoms with Crippen LogP contribution in [0.1, 0.15) is 53.0 Å². The Morgan fingerprint density at radius 1 is 1.19 bits per heavy atom. The van der Waals surface area contributed by atoms with E-state index in [9.17, 15) is 19.2 Å². The largest absolute Gasteiger partial charge is 0.444 e. The molecule has 1 saturated carbocycles. The first kappa shape index (κ1) is 27.1. The number of hydrogen-bond donors (Lipinski definition) is 2. The summed E-state index contributed by atoms with van der Waals surface area (Å²) in [4.78, 5) is 53.6. The fraction of sp³-hybridized carbons (Fsp3) is 0.643. The molecular weight excluding hydrogens is 474 g/mol. The van der Waals surface area contributed by atoms with Crippen LogP contribution in [0.25, 0.3) is 0 Å². The second-order valence-corrected chi connectivity index (χ2v) is 12.0. The van der Waals surface area contributed by atoms with Crippen LogP contribution >= 0.6 is 0 Å². The zero-order chi connectivity index (χ0) is 27.0. The molecule has 2 aliphatic heterocycles. The molecule has 9 heteroatoms. The summed E-state index contributed by atoms with van der Waals surface area (Å²) in [7, 11) is 0. The third-order valence-corrected chi connectivity index (χ3v) is 7.85. The van der Waals surface area contributed by atoms with Gasteiger partial charge in [-0.05, 0) is 56.4 Å². The predicted molar refractivity (Wildman–Crippen MR) is 136 cm³/mol. The van der Waals surface area contributed by atoms with Gasteiger partial charge in [0.15, 0.2) is 5.78 Å².